The predicted molar refractivity (Wildman–Crippen MR) is 80.2 cm³/mol. The highest BCUT2D eigenvalue weighted by Gasteiger charge is 2.19. The zero-order valence-electron chi connectivity index (χ0n) is 11.9. The lowest BCUT2D eigenvalue weighted by Gasteiger charge is -2.25. The van der Waals surface area contributed by atoms with Crippen LogP contribution in [0.25, 0.3) is 0 Å². The Morgan fingerprint density at radius 1 is 1.37 bits per heavy atom. The topological polar surface area (TPSA) is 20.3 Å². The zero-order valence-corrected chi connectivity index (χ0v) is 11.9. The molecule has 0 aromatic heterocycles. The number of allylic oxidation sites excluding steroid dienone is 3. The van der Waals surface area contributed by atoms with Gasteiger partial charge in [0.25, 0.3) is 0 Å². The minimum absolute atomic E-state index is 0.190. The van der Waals surface area contributed by atoms with Crippen LogP contribution >= 0.6 is 0 Å². The molecule has 0 atom stereocenters. The summed E-state index contributed by atoms with van der Waals surface area (Å²) in [6, 6.07) is 6.24. The predicted octanol–water partition coefficient (Wildman–Crippen LogP) is 4.14. The molecule has 0 saturated carbocycles. The molecule has 19 heavy (non-hydrogen) atoms. The molecule has 2 rings (SSSR count). The largest absolute Gasteiger partial charge is 0.288 e. The Balaban J connectivity index is 2.42. The van der Waals surface area contributed by atoms with Crippen LogP contribution in [0.4, 0.5) is 5.69 Å². The third-order valence-corrected chi connectivity index (χ3v) is 3.34. The van der Waals surface area contributed by atoms with Gasteiger partial charge in [0.1, 0.15) is 0 Å². The molecule has 1 aliphatic heterocycles. The molecule has 0 bridgehead atoms. The molecule has 1 aliphatic rings. The van der Waals surface area contributed by atoms with Crippen LogP contribution in [0.3, 0.4) is 0 Å². The van der Waals surface area contributed by atoms with Crippen molar-refractivity contribution in [2.45, 2.75) is 40.0 Å². The Labute approximate surface area is 115 Å². The Kier molecular flexibility index (Phi) is 4.20. The van der Waals surface area contributed by atoms with Crippen LogP contribution in [0.1, 0.15) is 37.8 Å². The van der Waals surface area contributed by atoms with Gasteiger partial charge in [-0.05, 0) is 44.7 Å². The molecule has 0 unspecified atom stereocenters. The summed E-state index contributed by atoms with van der Waals surface area (Å²) in [6.07, 6.45) is 8.52. The van der Waals surface area contributed by atoms with Crippen LogP contribution in [0.5, 0.6) is 0 Å². The standard InChI is InChI=1S/C17H21NO/c1-13(2)10-11-15-8-6-7-14(3)17(15)18-12-5-4-9-16(18)19/h5-8,10,12H,4,9,11H2,1-3H3. The second-order valence-electron chi connectivity index (χ2n) is 5.26. The van der Waals surface area contributed by atoms with Crippen LogP contribution in [-0.4, -0.2) is 5.91 Å². The Morgan fingerprint density at radius 2 is 2.16 bits per heavy atom. The third kappa shape index (κ3) is 3.14. The number of hydrogen-bond acceptors (Lipinski definition) is 1. The van der Waals surface area contributed by atoms with Gasteiger partial charge in [0, 0.05) is 12.6 Å². The van der Waals surface area contributed by atoms with Gasteiger partial charge in [0.05, 0.1) is 5.69 Å². The van der Waals surface area contributed by atoms with Gasteiger partial charge < -0.3 is 0 Å². The van der Waals surface area contributed by atoms with Crippen molar-refractivity contribution < 1.29 is 4.79 Å². The van der Waals surface area contributed by atoms with Crippen molar-refractivity contribution in [1.29, 1.82) is 0 Å². The van der Waals surface area contributed by atoms with Crippen molar-refractivity contribution in [3.63, 3.8) is 0 Å². The second-order valence-corrected chi connectivity index (χ2v) is 5.26. The van der Waals surface area contributed by atoms with Crippen LogP contribution in [0, 0.1) is 6.92 Å². The molecule has 0 fully saturated rings. The lowest BCUT2D eigenvalue weighted by molar-refractivity contribution is -0.118. The highest BCUT2D eigenvalue weighted by molar-refractivity contribution is 5.97. The van der Waals surface area contributed by atoms with E-state index in [1.54, 1.807) is 0 Å². The highest BCUT2D eigenvalue weighted by atomic mass is 16.2. The average molecular weight is 255 g/mol. The Bertz CT molecular complexity index is 536. The number of rotatable bonds is 3. The first kappa shape index (κ1) is 13.6. The Hall–Kier alpha value is -1.83. The van der Waals surface area contributed by atoms with Gasteiger partial charge in [-0.15, -0.1) is 0 Å². The molecule has 2 heteroatoms. The zero-order chi connectivity index (χ0) is 13.8. The quantitative estimate of drug-likeness (QED) is 0.743. The number of amides is 1. The minimum atomic E-state index is 0.190. The summed E-state index contributed by atoms with van der Waals surface area (Å²) in [5.41, 5.74) is 4.72. The molecule has 1 heterocycles. The van der Waals surface area contributed by atoms with Crippen molar-refractivity contribution in [3.05, 3.63) is 53.3 Å². The van der Waals surface area contributed by atoms with Crippen molar-refractivity contribution in [2.75, 3.05) is 4.90 Å². The summed E-state index contributed by atoms with van der Waals surface area (Å²) in [4.78, 5) is 13.9. The number of hydrogen-bond donors (Lipinski definition) is 0. The van der Waals surface area contributed by atoms with Gasteiger partial charge in [-0.3, -0.25) is 9.69 Å². The van der Waals surface area contributed by atoms with Crippen LogP contribution in [0.15, 0.2) is 42.1 Å². The average Bonchev–Trinajstić information content (AvgIpc) is 2.37. The fourth-order valence-corrected chi connectivity index (χ4v) is 2.33. The molecule has 0 aliphatic carbocycles. The number of carbonyl (C=O) groups is 1. The van der Waals surface area contributed by atoms with E-state index in [1.165, 1.54) is 11.1 Å². The van der Waals surface area contributed by atoms with E-state index in [9.17, 15) is 4.79 Å². The van der Waals surface area contributed by atoms with Crippen LogP contribution in [-0.2, 0) is 11.2 Å². The van der Waals surface area contributed by atoms with E-state index < -0.39 is 0 Å². The maximum Gasteiger partial charge on any atom is 0.231 e. The van der Waals surface area contributed by atoms with Crippen molar-refractivity contribution >= 4 is 11.6 Å². The third-order valence-electron chi connectivity index (χ3n) is 3.34. The monoisotopic (exact) mass is 255 g/mol. The van der Waals surface area contributed by atoms with E-state index in [0.717, 1.165) is 24.1 Å². The molecule has 0 radical (unpaired) electrons. The number of benzene rings is 1. The SMILES string of the molecule is CC(C)=CCc1cccc(C)c1N1C=CCCC1=O. The van der Waals surface area contributed by atoms with E-state index in [4.69, 9.17) is 0 Å². The van der Waals surface area contributed by atoms with Gasteiger partial charge >= 0.3 is 0 Å². The molecule has 0 N–H and O–H groups in total. The molecular weight excluding hydrogens is 234 g/mol. The molecule has 0 spiro atoms. The summed E-state index contributed by atoms with van der Waals surface area (Å²) in [5, 5.41) is 0. The summed E-state index contributed by atoms with van der Waals surface area (Å²) in [7, 11) is 0. The molecule has 2 nitrogen and oxygen atoms in total. The van der Waals surface area contributed by atoms with E-state index >= 15 is 0 Å². The number of carbonyl (C=O) groups excluding carboxylic acids is 1. The second kappa shape index (κ2) is 5.87. The minimum Gasteiger partial charge on any atom is -0.288 e. The molecule has 1 aromatic rings. The first-order chi connectivity index (χ1) is 9.09. The lowest BCUT2D eigenvalue weighted by atomic mass is 10.0. The highest BCUT2D eigenvalue weighted by Crippen LogP contribution is 2.29. The number of nitrogens with zero attached hydrogens (tertiary/aromatic N) is 1. The van der Waals surface area contributed by atoms with Crippen molar-refractivity contribution in [2.24, 2.45) is 0 Å². The van der Waals surface area contributed by atoms with Gasteiger partial charge in [0.15, 0.2) is 0 Å². The maximum atomic E-state index is 12.1. The number of aryl methyl sites for hydroxylation is 1. The number of para-hydroxylation sites is 1. The molecule has 1 amide bonds. The van der Waals surface area contributed by atoms with E-state index in [-0.39, 0.29) is 5.91 Å². The molecule has 1 aromatic carbocycles. The fraction of sp³-hybridized carbons (Fsp3) is 0.353. The summed E-state index contributed by atoms with van der Waals surface area (Å²) >= 11 is 0. The normalized spacial score (nSPS) is 14.7. The van der Waals surface area contributed by atoms with E-state index in [2.05, 4.69) is 51.1 Å². The van der Waals surface area contributed by atoms with Gasteiger partial charge in [-0.1, -0.05) is 35.9 Å². The summed E-state index contributed by atoms with van der Waals surface area (Å²) in [5.74, 6) is 0.190. The lowest BCUT2D eigenvalue weighted by Crippen LogP contribution is -2.28. The number of anilines is 1. The van der Waals surface area contributed by atoms with E-state index in [1.807, 2.05) is 11.1 Å². The summed E-state index contributed by atoms with van der Waals surface area (Å²) in [6.45, 7) is 6.26. The van der Waals surface area contributed by atoms with E-state index in [0.29, 0.717) is 6.42 Å². The van der Waals surface area contributed by atoms with Gasteiger partial charge in [-0.2, -0.15) is 0 Å². The smallest absolute Gasteiger partial charge is 0.231 e. The molecule has 100 valence electrons. The Morgan fingerprint density at radius 3 is 2.84 bits per heavy atom. The van der Waals surface area contributed by atoms with Crippen molar-refractivity contribution in [1.82, 2.24) is 0 Å². The van der Waals surface area contributed by atoms with Crippen LogP contribution < -0.4 is 4.90 Å². The summed E-state index contributed by atoms with van der Waals surface area (Å²) < 4.78 is 0. The first-order valence-corrected chi connectivity index (χ1v) is 6.80. The van der Waals surface area contributed by atoms with Gasteiger partial charge in [-0.25, -0.2) is 0 Å². The molecular formula is C17H21NO. The first-order valence-electron chi connectivity index (χ1n) is 6.80. The molecule has 0 saturated heterocycles. The fourth-order valence-electron chi connectivity index (χ4n) is 2.33. The van der Waals surface area contributed by atoms with Crippen molar-refractivity contribution in [3.8, 4) is 0 Å². The van der Waals surface area contributed by atoms with Crippen LogP contribution in [0.2, 0.25) is 0 Å². The maximum absolute atomic E-state index is 12.1. The van der Waals surface area contributed by atoms with Gasteiger partial charge in [0.2, 0.25) is 5.91 Å².